The summed E-state index contributed by atoms with van der Waals surface area (Å²) in [5.41, 5.74) is 0.211. The van der Waals surface area contributed by atoms with Gasteiger partial charge in [-0.3, -0.25) is 0 Å². The fourth-order valence-electron chi connectivity index (χ4n) is 1.05. The van der Waals surface area contributed by atoms with Gasteiger partial charge < -0.3 is 4.74 Å². The number of hydrogen-bond acceptors (Lipinski definition) is 2. The maximum absolute atomic E-state index is 8.92. The summed E-state index contributed by atoms with van der Waals surface area (Å²) >= 11 is 5.79. The zero-order valence-corrected chi connectivity index (χ0v) is 9.93. The van der Waals surface area contributed by atoms with E-state index in [0.29, 0.717) is 16.3 Å². The Morgan fingerprint density at radius 1 is 1.47 bits per heavy atom. The van der Waals surface area contributed by atoms with Gasteiger partial charge in [-0.25, -0.2) is 0 Å². The fourth-order valence-corrected chi connectivity index (χ4v) is 1.22. The Morgan fingerprint density at radius 3 is 2.67 bits per heavy atom. The van der Waals surface area contributed by atoms with Crippen molar-refractivity contribution >= 4 is 11.6 Å². The average Bonchev–Trinajstić information content (AvgIpc) is 2.20. The molecule has 1 aromatic rings. The van der Waals surface area contributed by atoms with Crippen molar-refractivity contribution in [3.05, 3.63) is 28.8 Å². The Bertz CT molecular complexity index is 393. The predicted octanol–water partition coefficient (Wildman–Crippen LogP) is 3.78. The standard InChI is InChI=1S/C12H14ClNO/c1-4-12(2,3)15-11-6-5-10(13)7-9(11)8-14/h5-7H,4H2,1-3H3. The lowest BCUT2D eigenvalue weighted by molar-refractivity contribution is 0.105. The molecular weight excluding hydrogens is 210 g/mol. The van der Waals surface area contributed by atoms with Gasteiger partial charge in [0.2, 0.25) is 0 Å². The second kappa shape index (κ2) is 4.55. The minimum atomic E-state index is -0.264. The van der Waals surface area contributed by atoms with Crippen LogP contribution in [0.15, 0.2) is 18.2 Å². The lowest BCUT2D eigenvalue weighted by Gasteiger charge is -2.25. The number of benzene rings is 1. The molecule has 0 unspecified atom stereocenters. The molecule has 0 spiro atoms. The van der Waals surface area contributed by atoms with Crippen LogP contribution < -0.4 is 4.74 Å². The molecule has 2 nitrogen and oxygen atoms in total. The summed E-state index contributed by atoms with van der Waals surface area (Å²) in [5, 5.41) is 9.47. The van der Waals surface area contributed by atoms with Crippen molar-refractivity contribution in [3.63, 3.8) is 0 Å². The second-order valence-corrected chi connectivity index (χ2v) is 4.40. The minimum absolute atomic E-state index is 0.264. The van der Waals surface area contributed by atoms with E-state index in [9.17, 15) is 0 Å². The Balaban J connectivity index is 3.01. The van der Waals surface area contributed by atoms with Crippen LogP contribution in [0.3, 0.4) is 0 Å². The Labute approximate surface area is 95.4 Å². The van der Waals surface area contributed by atoms with Crippen LogP contribution in [0, 0.1) is 11.3 Å². The molecule has 0 bridgehead atoms. The van der Waals surface area contributed by atoms with E-state index in [4.69, 9.17) is 21.6 Å². The van der Waals surface area contributed by atoms with E-state index >= 15 is 0 Å². The summed E-state index contributed by atoms with van der Waals surface area (Å²) in [6.45, 7) is 6.02. The number of nitriles is 1. The summed E-state index contributed by atoms with van der Waals surface area (Å²) in [4.78, 5) is 0. The molecule has 0 radical (unpaired) electrons. The maximum atomic E-state index is 8.92. The third-order valence-electron chi connectivity index (χ3n) is 2.30. The molecule has 0 saturated carbocycles. The maximum Gasteiger partial charge on any atom is 0.137 e. The molecule has 0 saturated heterocycles. The highest BCUT2D eigenvalue weighted by Gasteiger charge is 2.18. The smallest absolute Gasteiger partial charge is 0.137 e. The van der Waals surface area contributed by atoms with Gasteiger partial charge in [0.15, 0.2) is 0 Å². The molecule has 0 fully saturated rings. The van der Waals surface area contributed by atoms with Gasteiger partial charge >= 0.3 is 0 Å². The first-order valence-corrected chi connectivity index (χ1v) is 5.25. The summed E-state index contributed by atoms with van der Waals surface area (Å²) in [6, 6.07) is 7.15. The zero-order chi connectivity index (χ0) is 11.5. The third-order valence-corrected chi connectivity index (χ3v) is 2.53. The van der Waals surface area contributed by atoms with Crippen molar-refractivity contribution in [1.29, 1.82) is 5.26 Å². The molecule has 0 aliphatic rings. The van der Waals surface area contributed by atoms with Crippen LogP contribution in [-0.2, 0) is 0 Å². The summed E-state index contributed by atoms with van der Waals surface area (Å²) < 4.78 is 5.75. The zero-order valence-electron chi connectivity index (χ0n) is 9.17. The van der Waals surface area contributed by atoms with Crippen LogP contribution in [0.2, 0.25) is 5.02 Å². The van der Waals surface area contributed by atoms with Gasteiger partial charge in [-0.05, 0) is 38.5 Å². The second-order valence-electron chi connectivity index (χ2n) is 3.97. The lowest BCUT2D eigenvalue weighted by atomic mass is 10.1. The molecule has 0 aliphatic carbocycles. The van der Waals surface area contributed by atoms with Crippen LogP contribution in [0.5, 0.6) is 5.75 Å². The van der Waals surface area contributed by atoms with E-state index < -0.39 is 0 Å². The highest BCUT2D eigenvalue weighted by atomic mass is 35.5. The van der Waals surface area contributed by atoms with E-state index in [2.05, 4.69) is 6.07 Å². The minimum Gasteiger partial charge on any atom is -0.486 e. The molecule has 1 rings (SSSR count). The van der Waals surface area contributed by atoms with Crippen molar-refractivity contribution in [1.82, 2.24) is 0 Å². The Morgan fingerprint density at radius 2 is 2.13 bits per heavy atom. The Hall–Kier alpha value is -1.20. The van der Waals surface area contributed by atoms with Crippen molar-refractivity contribution in [2.75, 3.05) is 0 Å². The highest BCUT2D eigenvalue weighted by Crippen LogP contribution is 2.26. The van der Waals surface area contributed by atoms with Crippen LogP contribution >= 0.6 is 11.6 Å². The molecular formula is C12H14ClNO. The number of nitrogens with zero attached hydrogens (tertiary/aromatic N) is 1. The molecule has 0 atom stereocenters. The average molecular weight is 224 g/mol. The SMILES string of the molecule is CCC(C)(C)Oc1ccc(Cl)cc1C#N. The lowest BCUT2D eigenvalue weighted by Crippen LogP contribution is -2.27. The molecule has 0 heterocycles. The summed E-state index contributed by atoms with van der Waals surface area (Å²) in [6.07, 6.45) is 0.875. The monoisotopic (exact) mass is 223 g/mol. The van der Waals surface area contributed by atoms with E-state index in [1.54, 1.807) is 18.2 Å². The van der Waals surface area contributed by atoms with Gasteiger partial charge in [0.1, 0.15) is 17.4 Å². The van der Waals surface area contributed by atoms with Crippen LogP contribution in [-0.4, -0.2) is 5.60 Å². The van der Waals surface area contributed by atoms with Crippen molar-refractivity contribution < 1.29 is 4.74 Å². The third kappa shape index (κ3) is 3.14. The number of halogens is 1. The first-order valence-electron chi connectivity index (χ1n) is 4.87. The van der Waals surface area contributed by atoms with Crippen LogP contribution in [0.25, 0.3) is 0 Å². The molecule has 3 heteroatoms. The van der Waals surface area contributed by atoms with Crippen LogP contribution in [0.4, 0.5) is 0 Å². The van der Waals surface area contributed by atoms with Crippen LogP contribution in [0.1, 0.15) is 32.8 Å². The topological polar surface area (TPSA) is 33.0 Å². The van der Waals surface area contributed by atoms with Gasteiger partial charge in [0.25, 0.3) is 0 Å². The molecule has 0 aromatic heterocycles. The highest BCUT2D eigenvalue weighted by molar-refractivity contribution is 6.30. The fraction of sp³-hybridized carbons (Fsp3) is 0.417. The number of rotatable bonds is 3. The largest absolute Gasteiger partial charge is 0.486 e. The van der Waals surface area contributed by atoms with Gasteiger partial charge in [0, 0.05) is 5.02 Å². The molecule has 0 N–H and O–H groups in total. The number of ether oxygens (including phenoxy) is 1. The van der Waals surface area contributed by atoms with Crippen molar-refractivity contribution in [2.45, 2.75) is 32.8 Å². The Kier molecular flexibility index (Phi) is 3.60. The van der Waals surface area contributed by atoms with Gasteiger partial charge in [-0.15, -0.1) is 0 Å². The molecule has 1 aromatic carbocycles. The van der Waals surface area contributed by atoms with E-state index in [0.717, 1.165) is 6.42 Å². The van der Waals surface area contributed by atoms with E-state index in [-0.39, 0.29) is 5.60 Å². The molecule has 80 valence electrons. The van der Waals surface area contributed by atoms with E-state index in [1.165, 1.54) is 0 Å². The summed E-state index contributed by atoms with van der Waals surface area (Å²) in [7, 11) is 0. The quantitative estimate of drug-likeness (QED) is 0.781. The van der Waals surface area contributed by atoms with Crippen molar-refractivity contribution in [2.24, 2.45) is 0 Å². The van der Waals surface area contributed by atoms with Gasteiger partial charge in [-0.1, -0.05) is 18.5 Å². The van der Waals surface area contributed by atoms with Gasteiger partial charge in [-0.2, -0.15) is 5.26 Å². The normalized spacial score (nSPS) is 10.9. The number of hydrogen-bond donors (Lipinski definition) is 0. The summed E-state index contributed by atoms with van der Waals surface area (Å²) in [5.74, 6) is 0.591. The molecule has 0 aliphatic heterocycles. The molecule has 15 heavy (non-hydrogen) atoms. The van der Waals surface area contributed by atoms with Gasteiger partial charge in [0.05, 0.1) is 5.56 Å². The predicted molar refractivity (Wildman–Crippen MR) is 61.2 cm³/mol. The van der Waals surface area contributed by atoms with E-state index in [1.807, 2.05) is 20.8 Å². The first kappa shape index (κ1) is 11.9. The first-order chi connectivity index (χ1) is 6.98. The molecule has 0 amide bonds. The van der Waals surface area contributed by atoms with Crippen molar-refractivity contribution in [3.8, 4) is 11.8 Å².